The average Bonchev–Trinajstić information content (AvgIpc) is 3.06. The van der Waals surface area contributed by atoms with Gasteiger partial charge in [0.25, 0.3) is 10.0 Å². The molecule has 4 aromatic carbocycles. The Labute approximate surface area is 298 Å². The number of carbonyl (C=O) groups excluding carboxylic acids is 2. The molecule has 0 radical (unpaired) electrons. The highest BCUT2D eigenvalue weighted by Gasteiger charge is 2.37. The minimum Gasteiger partial charge on any atom is -0.354 e. The molecular weight excluding hydrogens is 722 g/mol. The van der Waals surface area contributed by atoms with Crippen molar-refractivity contribution >= 4 is 62.3 Å². The smallest absolute Gasteiger partial charge is 0.354 e. The van der Waals surface area contributed by atoms with Gasteiger partial charge in [-0.15, -0.1) is 0 Å². The minimum absolute atomic E-state index is 0.0441. The second-order valence-electron chi connectivity index (χ2n) is 11.6. The van der Waals surface area contributed by atoms with Gasteiger partial charge in [0.2, 0.25) is 11.8 Å². The summed E-state index contributed by atoms with van der Waals surface area (Å²) in [6.07, 6.45) is -4.88. The minimum atomic E-state index is -4.92. The summed E-state index contributed by atoms with van der Waals surface area (Å²) < 4.78 is 70.6. The van der Waals surface area contributed by atoms with Crippen molar-refractivity contribution in [2.75, 3.05) is 17.4 Å². The number of hydrogen-bond acceptors (Lipinski definition) is 4. The molecule has 7 nitrogen and oxygen atoms in total. The Morgan fingerprint density at radius 3 is 2.00 bits per heavy atom. The number of halogens is 6. The summed E-state index contributed by atoms with van der Waals surface area (Å²) in [7, 11) is -4.63. The second-order valence-corrected chi connectivity index (χ2v) is 14.7. The van der Waals surface area contributed by atoms with Gasteiger partial charge in [0.15, 0.2) is 0 Å². The van der Waals surface area contributed by atoms with E-state index in [0.717, 1.165) is 12.1 Å². The van der Waals surface area contributed by atoms with Crippen molar-refractivity contribution in [1.29, 1.82) is 0 Å². The maximum absolute atomic E-state index is 14.5. The van der Waals surface area contributed by atoms with Gasteiger partial charge >= 0.3 is 6.18 Å². The van der Waals surface area contributed by atoms with Crippen LogP contribution in [0.4, 0.5) is 18.9 Å². The Morgan fingerprint density at radius 1 is 0.796 bits per heavy atom. The van der Waals surface area contributed by atoms with E-state index < -0.39 is 56.9 Å². The first kappa shape index (κ1) is 38.0. The van der Waals surface area contributed by atoms with E-state index in [0.29, 0.717) is 28.0 Å². The third kappa shape index (κ3) is 9.91. The highest BCUT2D eigenvalue weighted by atomic mass is 35.5. The monoisotopic (exact) mass is 753 g/mol. The molecule has 14 heteroatoms. The van der Waals surface area contributed by atoms with Crippen molar-refractivity contribution in [3.8, 4) is 0 Å². The molecule has 1 atom stereocenters. The predicted molar refractivity (Wildman–Crippen MR) is 186 cm³/mol. The molecule has 0 aromatic heterocycles. The lowest BCUT2D eigenvalue weighted by molar-refractivity contribution is -0.140. The number of benzene rings is 4. The number of amides is 2. The molecule has 0 aliphatic carbocycles. The number of carbonyl (C=O) groups is 2. The topological polar surface area (TPSA) is 86.8 Å². The Morgan fingerprint density at radius 2 is 1.41 bits per heavy atom. The van der Waals surface area contributed by atoms with E-state index in [-0.39, 0.29) is 33.8 Å². The molecule has 4 aromatic rings. The van der Waals surface area contributed by atoms with Crippen molar-refractivity contribution in [3.05, 3.63) is 129 Å². The first-order valence-electron chi connectivity index (χ1n) is 15.1. The summed E-state index contributed by atoms with van der Waals surface area (Å²) in [6, 6.07) is 22.0. The fourth-order valence-corrected chi connectivity index (χ4v) is 6.92. The van der Waals surface area contributed by atoms with Gasteiger partial charge < -0.3 is 10.2 Å². The predicted octanol–water partition coefficient (Wildman–Crippen LogP) is 8.27. The fraction of sp³-hybridized carbons (Fsp3) is 0.257. The van der Waals surface area contributed by atoms with Crippen LogP contribution in [0.2, 0.25) is 15.1 Å². The fourth-order valence-electron chi connectivity index (χ4n) is 4.95. The molecule has 0 fully saturated rings. The van der Waals surface area contributed by atoms with Gasteiger partial charge in [-0.25, -0.2) is 8.42 Å². The lowest BCUT2D eigenvalue weighted by Crippen LogP contribution is -2.53. The van der Waals surface area contributed by atoms with Gasteiger partial charge in [0.1, 0.15) is 12.6 Å². The lowest BCUT2D eigenvalue weighted by Gasteiger charge is -2.34. The van der Waals surface area contributed by atoms with Crippen LogP contribution in [-0.4, -0.2) is 44.3 Å². The van der Waals surface area contributed by atoms with Gasteiger partial charge in [-0.1, -0.05) is 103 Å². The van der Waals surface area contributed by atoms with Crippen LogP contribution in [-0.2, 0) is 38.8 Å². The number of hydrogen-bond donors (Lipinski definition) is 1. The van der Waals surface area contributed by atoms with Gasteiger partial charge in [-0.05, 0) is 59.5 Å². The number of nitrogens with one attached hydrogen (secondary N) is 1. The summed E-state index contributed by atoms with van der Waals surface area (Å²) in [5.41, 5.74) is -0.552. The molecule has 49 heavy (non-hydrogen) atoms. The van der Waals surface area contributed by atoms with E-state index >= 15 is 0 Å². The summed E-state index contributed by atoms with van der Waals surface area (Å²) in [5.74, 6) is -1.30. The molecular formula is C35H33Cl3F3N3O4S. The Kier molecular flexibility index (Phi) is 12.6. The van der Waals surface area contributed by atoms with Gasteiger partial charge in [0, 0.05) is 19.5 Å². The first-order chi connectivity index (χ1) is 23.1. The van der Waals surface area contributed by atoms with E-state index in [1.54, 1.807) is 42.5 Å². The van der Waals surface area contributed by atoms with Crippen LogP contribution >= 0.6 is 34.8 Å². The molecule has 0 saturated heterocycles. The molecule has 2 amide bonds. The summed E-state index contributed by atoms with van der Waals surface area (Å²) in [6.45, 7) is 2.92. The molecule has 0 aliphatic heterocycles. The second kappa shape index (κ2) is 16.3. The van der Waals surface area contributed by atoms with Crippen molar-refractivity contribution in [1.82, 2.24) is 10.2 Å². The molecule has 0 saturated carbocycles. The van der Waals surface area contributed by atoms with Crippen LogP contribution in [0.25, 0.3) is 0 Å². The van der Waals surface area contributed by atoms with Gasteiger partial charge in [-0.3, -0.25) is 13.9 Å². The van der Waals surface area contributed by atoms with Crippen LogP contribution in [0.15, 0.2) is 102 Å². The molecule has 4 rings (SSSR count). The Bertz CT molecular complexity index is 1880. The highest BCUT2D eigenvalue weighted by molar-refractivity contribution is 7.92. The largest absolute Gasteiger partial charge is 0.417 e. The Hall–Kier alpha value is -3.77. The zero-order valence-corrected chi connectivity index (χ0v) is 29.5. The molecule has 0 unspecified atom stereocenters. The maximum atomic E-state index is 14.5. The van der Waals surface area contributed by atoms with Crippen molar-refractivity contribution in [2.24, 2.45) is 5.92 Å². The SMILES string of the molecule is CC(C)CNC(=O)[C@@H](Cc1ccccc1)N(Cc1ccc(Cl)c(Cl)c1)C(=O)CN(c1ccc(Cl)c(C(F)(F)F)c1)S(=O)(=O)c1ccccc1. The average molecular weight is 755 g/mol. The molecule has 260 valence electrons. The number of nitrogens with zero attached hydrogens (tertiary/aromatic N) is 2. The van der Waals surface area contributed by atoms with Crippen molar-refractivity contribution in [3.63, 3.8) is 0 Å². The number of anilines is 1. The molecule has 0 spiro atoms. The zero-order valence-electron chi connectivity index (χ0n) is 26.4. The van der Waals surface area contributed by atoms with E-state index in [1.165, 1.54) is 41.3 Å². The van der Waals surface area contributed by atoms with Gasteiger partial charge in [0.05, 0.1) is 31.2 Å². The van der Waals surface area contributed by atoms with Crippen LogP contribution in [0.3, 0.4) is 0 Å². The lowest BCUT2D eigenvalue weighted by atomic mass is 10.0. The molecule has 0 heterocycles. The highest BCUT2D eigenvalue weighted by Crippen LogP contribution is 2.38. The third-order valence-corrected chi connectivity index (χ3v) is 10.3. The molecule has 1 N–H and O–H groups in total. The summed E-state index contributed by atoms with van der Waals surface area (Å²) in [5, 5.41) is 2.65. The Balaban J connectivity index is 1.86. The quantitative estimate of drug-likeness (QED) is 0.149. The summed E-state index contributed by atoms with van der Waals surface area (Å²) >= 11 is 18.3. The number of rotatable bonds is 13. The zero-order chi connectivity index (χ0) is 35.9. The van der Waals surface area contributed by atoms with Crippen molar-refractivity contribution in [2.45, 2.75) is 43.9 Å². The summed E-state index contributed by atoms with van der Waals surface area (Å²) in [4.78, 5) is 29.3. The number of sulfonamides is 1. The number of alkyl halides is 3. The normalized spacial score (nSPS) is 12.4. The standard InChI is InChI=1S/C35H33Cl3F3N3O4S/c1-23(2)20-42-34(46)32(18-24-9-5-3-6-10-24)43(21-25-13-15-30(37)31(38)17-25)33(45)22-44(49(47,48)27-11-7-4-8-12-27)26-14-16-29(36)28(19-26)35(39,40)41/h3-17,19,23,32H,18,20-22H2,1-2H3,(H,42,46)/t32-/m1/s1. The van der Waals surface area contributed by atoms with Crippen LogP contribution in [0.1, 0.15) is 30.5 Å². The van der Waals surface area contributed by atoms with E-state index in [4.69, 9.17) is 34.8 Å². The van der Waals surface area contributed by atoms with Gasteiger partial charge in [-0.2, -0.15) is 13.2 Å². The first-order valence-corrected chi connectivity index (χ1v) is 17.6. The van der Waals surface area contributed by atoms with Crippen molar-refractivity contribution < 1.29 is 31.2 Å². The van der Waals surface area contributed by atoms with E-state index in [2.05, 4.69) is 5.32 Å². The molecule has 0 aliphatic rings. The van der Waals surface area contributed by atoms with E-state index in [9.17, 15) is 31.2 Å². The maximum Gasteiger partial charge on any atom is 0.417 e. The third-order valence-electron chi connectivity index (χ3n) is 7.45. The van der Waals surface area contributed by atoms with Crippen LogP contribution in [0, 0.1) is 5.92 Å². The van der Waals surface area contributed by atoms with E-state index in [1.807, 2.05) is 13.8 Å². The van der Waals surface area contributed by atoms with Crippen LogP contribution in [0.5, 0.6) is 0 Å². The molecule has 0 bridgehead atoms. The van der Waals surface area contributed by atoms with Crippen LogP contribution < -0.4 is 9.62 Å².